The van der Waals surface area contributed by atoms with Gasteiger partial charge in [-0.1, -0.05) is 12.1 Å². The molecule has 0 saturated carbocycles. The monoisotopic (exact) mass is 214 g/mol. The molecule has 1 heterocycles. The van der Waals surface area contributed by atoms with Crippen LogP contribution in [0.1, 0.15) is 27.2 Å². The molecule has 16 heavy (non-hydrogen) atoms. The summed E-state index contributed by atoms with van der Waals surface area (Å²) in [7, 11) is 0. The molecule has 0 unspecified atom stereocenters. The molecule has 3 heteroatoms. The third kappa shape index (κ3) is 1.54. The Hall–Kier alpha value is -1.90. The van der Waals surface area contributed by atoms with Crippen LogP contribution in [0.15, 0.2) is 18.5 Å². The second-order valence-electron chi connectivity index (χ2n) is 3.96. The largest absolute Gasteiger partial charge is 0.342 e. The van der Waals surface area contributed by atoms with Crippen molar-refractivity contribution in [2.45, 2.75) is 20.8 Å². The van der Waals surface area contributed by atoms with Crippen molar-refractivity contribution in [2.75, 3.05) is 0 Å². The van der Waals surface area contributed by atoms with E-state index in [1.165, 1.54) is 16.7 Å². The summed E-state index contributed by atoms with van der Waals surface area (Å²) >= 11 is 0. The maximum absolute atomic E-state index is 10.9. The number of aryl methyl sites for hydroxylation is 1. The lowest BCUT2D eigenvalue weighted by Gasteiger charge is -2.09. The Morgan fingerprint density at radius 3 is 2.62 bits per heavy atom. The van der Waals surface area contributed by atoms with Crippen LogP contribution in [-0.2, 0) is 0 Å². The van der Waals surface area contributed by atoms with E-state index in [2.05, 4.69) is 36.8 Å². The maximum Gasteiger partial charge on any atom is 0.168 e. The number of benzene rings is 1. The lowest BCUT2D eigenvalue weighted by molar-refractivity contribution is 0.112. The molecule has 1 N–H and O–H groups in total. The number of aldehydes is 1. The van der Waals surface area contributed by atoms with Crippen molar-refractivity contribution in [1.29, 1.82) is 0 Å². The predicted octanol–water partition coefficient (Wildman–Crippen LogP) is 2.81. The Morgan fingerprint density at radius 1 is 1.19 bits per heavy atom. The molecule has 82 valence electrons. The van der Waals surface area contributed by atoms with Crippen LogP contribution in [0.4, 0.5) is 0 Å². The highest BCUT2D eigenvalue weighted by Crippen LogP contribution is 2.27. The number of aromatic amines is 1. The molecule has 0 amide bonds. The molecule has 0 bridgehead atoms. The molecule has 0 fully saturated rings. The van der Waals surface area contributed by atoms with Gasteiger partial charge in [0.2, 0.25) is 0 Å². The highest BCUT2D eigenvalue weighted by atomic mass is 16.1. The Kier molecular flexibility index (Phi) is 2.60. The van der Waals surface area contributed by atoms with Crippen LogP contribution < -0.4 is 0 Å². The van der Waals surface area contributed by atoms with Crippen LogP contribution in [0.2, 0.25) is 0 Å². The van der Waals surface area contributed by atoms with Gasteiger partial charge in [0.05, 0.1) is 12.0 Å². The Balaban J connectivity index is 2.65. The van der Waals surface area contributed by atoms with Crippen LogP contribution in [0, 0.1) is 20.8 Å². The number of carbonyl (C=O) groups is 1. The smallest absolute Gasteiger partial charge is 0.168 e. The van der Waals surface area contributed by atoms with Crippen molar-refractivity contribution < 1.29 is 4.79 Å². The van der Waals surface area contributed by atoms with E-state index < -0.39 is 0 Å². The van der Waals surface area contributed by atoms with E-state index in [0.717, 1.165) is 17.5 Å². The predicted molar refractivity (Wildman–Crippen MR) is 63.6 cm³/mol. The van der Waals surface area contributed by atoms with Gasteiger partial charge in [-0.25, -0.2) is 4.98 Å². The van der Waals surface area contributed by atoms with Crippen LogP contribution in [-0.4, -0.2) is 16.3 Å². The molecule has 3 nitrogen and oxygen atoms in total. The summed E-state index contributed by atoms with van der Waals surface area (Å²) in [5.74, 6) is 0. The number of nitrogens with one attached hydrogen (secondary N) is 1. The quantitative estimate of drug-likeness (QED) is 0.781. The number of hydrogen-bond donors (Lipinski definition) is 1. The zero-order chi connectivity index (χ0) is 11.7. The number of rotatable bonds is 2. The molecule has 2 rings (SSSR count). The third-order valence-corrected chi connectivity index (χ3v) is 3.10. The van der Waals surface area contributed by atoms with Gasteiger partial charge < -0.3 is 4.98 Å². The van der Waals surface area contributed by atoms with E-state index in [4.69, 9.17) is 0 Å². The zero-order valence-corrected chi connectivity index (χ0v) is 9.66. The summed E-state index contributed by atoms with van der Waals surface area (Å²) < 4.78 is 0. The van der Waals surface area contributed by atoms with Crippen LogP contribution in [0.25, 0.3) is 11.3 Å². The molecule has 0 radical (unpaired) electrons. The van der Waals surface area contributed by atoms with Crippen molar-refractivity contribution in [3.63, 3.8) is 0 Å². The molecule has 0 aliphatic heterocycles. The number of carbonyl (C=O) groups excluding carboxylic acids is 1. The van der Waals surface area contributed by atoms with Gasteiger partial charge in [0.15, 0.2) is 6.29 Å². The SMILES string of the molecule is Cc1ccc(-c2nc[nH]c2C=O)c(C)c1C. The minimum Gasteiger partial charge on any atom is -0.342 e. The van der Waals surface area contributed by atoms with Crippen LogP contribution in [0.5, 0.6) is 0 Å². The topological polar surface area (TPSA) is 45.8 Å². The van der Waals surface area contributed by atoms with Gasteiger partial charge in [-0.05, 0) is 37.5 Å². The van der Waals surface area contributed by atoms with Gasteiger partial charge in [-0.3, -0.25) is 4.79 Å². The second kappa shape index (κ2) is 3.93. The molecule has 0 spiro atoms. The summed E-state index contributed by atoms with van der Waals surface area (Å²) in [5, 5.41) is 0. The molecule has 2 aromatic rings. The highest BCUT2D eigenvalue weighted by Gasteiger charge is 2.11. The van der Waals surface area contributed by atoms with Gasteiger partial charge in [-0.2, -0.15) is 0 Å². The molecule has 1 aromatic heterocycles. The van der Waals surface area contributed by atoms with Gasteiger partial charge >= 0.3 is 0 Å². The molecule has 0 aliphatic rings. The first kappa shape index (κ1) is 10.6. The van der Waals surface area contributed by atoms with Crippen LogP contribution in [0.3, 0.4) is 0 Å². The number of H-pyrrole nitrogens is 1. The molecule has 0 atom stereocenters. The van der Waals surface area contributed by atoms with E-state index in [-0.39, 0.29) is 0 Å². The summed E-state index contributed by atoms with van der Waals surface area (Å²) in [6, 6.07) is 4.07. The lowest BCUT2D eigenvalue weighted by Crippen LogP contribution is -1.93. The summed E-state index contributed by atoms with van der Waals surface area (Å²) in [4.78, 5) is 17.9. The van der Waals surface area contributed by atoms with Crippen molar-refractivity contribution in [3.8, 4) is 11.3 Å². The Bertz CT molecular complexity index is 541. The number of hydrogen-bond acceptors (Lipinski definition) is 2. The standard InChI is InChI=1S/C13H14N2O/c1-8-4-5-11(10(3)9(8)2)13-12(6-16)14-7-15-13/h4-7H,1-3H3,(H,14,15). The first-order valence-electron chi connectivity index (χ1n) is 5.21. The highest BCUT2D eigenvalue weighted by molar-refractivity contribution is 5.84. The van der Waals surface area contributed by atoms with Crippen molar-refractivity contribution >= 4 is 6.29 Å². The fourth-order valence-electron chi connectivity index (χ4n) is 1.82. The minimum atomic E-state index is 0.534. The Labute approximate surface area is 94.5 Å². The lowest BCUT2D eigenvalue weighted by atomic mass is 9.96. The van der Waals surface area contributed by atoms with Crippen molar-refractivity contribution in [2.24, 2.45) is 0 Å². The van der Waals surface area contributed by atoms with Gasteiger partial charge in [-0.15, -0.1) is 0 Å². The first-order chi connectivity index (χ1) is 7.65. The van der Waals surface area contributed by atoms with Crippen molar-refractivity contribution in [3.05, 3.63) is 40.8 Å². The fraction of sp³-hybridized carbons (Fsp3) is 0.231. The van der Waals surface area contributed by atoms with Gasteiger partial charge in [0.25, 0.3) is 0 Å². The van der Waals surface area contributed by atoms with Crippen molar-refractivity contribution in [1.82, 2.24) is 9.97 Å². The summed E-state index contributed by atoms with van der Waals surface area (Å²) in [6.07, 6.45) is 2.35. The average molecular weight is 214 g/mol. The van der Waals surface area contributed by atoms with E-state index in [1.807, 2.05) is 6.07 Å². The number of imidazole rings is 1. The zero-order valence-electron chi connectivity index (χ0n) is 9.66. The maximum atomic E-state index is 10.9. The molecule has 0 aliphatic carbocycles. The first-order valence-corrected chi connectivity index (χ1v) is 5.21. The normalized spacial score (nSPS) is 10.4. The third-order valence-electron chi connectivity index (χ3n) is 3.10. The van der Waals surface area contributed by atoms with E-state index in [0.29, 0.717) is 5.69 Å². The van der Waals surface area contributed by atoms with E-state index in [1.54, 1.807) is 6.33 Å². The summed E-state index contributed by atoms with van der Waals surface area (Å²) in [5.41, 5.74) is 5.96. The molecular weight excluding hydrogens is 200 g/mol. The summed E-state index contributed by atoms with van der Waals surface area (Å²) in [6.45, 7) is 6.22. The number of aromatic nitrogens is 2. The van der Waals surface area contributed by atoms with E-state index in [9.17, 15) is 4.79 Å². The van der Waals surface area contributed by atoms with Crippen LogP contribution >= 0.6 is 0 Å². The number of nitrogens with zero attached hydrogens (tertiary/aromatic N) is 1. The second-order valence-corrected chi connectivity index (χ2v) is 3.96. The van der Waals surface area contributed by atoms with E-state index >= 15 is 0 Å². The molecule has 0 saturated heterocycles. The van der Waals surface area contributed by atoms with Gasteiger partial charge in [0, 0.05) is 5.56 Å². The molecular formula is C13H14N2O. The minimum absolute atomic E-state index is 0.534. The average Bonchev–Trinajstić information content (AvgIpc) is 2.74. The Morgan fingerprint density at radius 2 is 1.94 bits per heavy atom. The molecule has 1 aromatic carbocycles. The van der Waals surface area contributed by atoms with Gasteiger partial charge in [0.1, 0.15) is 5.69 Å². The fourth-order valence-corrected chi connectivity index (χ4v) is 1.82.